The quantitative estimate of drug-likeness (QED) is 0.705. The summed E-state index contributed by atoms with van der Waals surface area (Å²) in [4.78, 5) is 15.7. The highest BCUT2D eigenvalue weighted by atomic mass is 16.1. The molecule has 0 saturated heterocycles. The highest BCUT2D eigenvalue weighted by Crippen LogP contribution is 1.97. The van der Waals surface area contributed by atoms with E-state index in [-0.39, 0.29) is 5.91 Å². The van der Waals surface area contributed by atoms with Gasteiger partial charge in [-0.2, -0.15) is 0 Å². The van der Waals surface area contributed by atoms with Crippen molar-refractivity contribution < 1.29 is 4.79 Å². The van der Waals surface area contributed by atoms with E-state index in [1.54, 1.807) is 0 Å². The van der Waals surface area contributed by atoms with Crippen molar-refractivity contribution in [2.24, 2.45) is 0 Å². The topological polar surface area (TPSA) is 54.0 Å². The summed E-state index contributed by atoms with van der Waals surface area (Å²) >= 11 is 0. The molecular formula is C12H19N3O. The second-order valence-corrected chi connectivity index (χ2v) is 3.65. The Hall–Kier alpha value is -1.42. The number of amides is 1. The van der Waals surface area contributed by atoms with Crippen LogP contribution in [0.2, 0.25) is 0 Å². The van der Waals surface area contributed by atoms with Crippen LogP contribution in [0.3, 0.4) is 0 Å². The van der Waals surface area contributed by atoms with Crippen molar-refractivity contribution in [2.75, 3.05) is 13.1 Å². The van der Waals surface area contributed by atoms with E-state index in [2.05, 4.69) is 15.6 Å². The number of nitrogens with one attached hydrogen (secondary N) is 2. The molecule has 0 atom stereocenters. The molecule has 1 aromatic rings. The first-order valence-electron chi connectivity index (χ1n) is 5.62. The summed E-state index contributed by atoms with van der Waals surface area (Å²) in [6.07, 6.45) is 0.514. The van der Waals surface area contributed by atoms with E-state index in [9.17, 15) is 4.79 Å². The molecule has 4 heteroatoms. The molecule has 88 valence electrons. The lowest BCUT2D eigenvalue weighted by Gasteiger charge is -2.05. The molecule has 1 rings (SSSR count). The predicted molar refractivity (Wildman–Crippen MR) is 64.0 cm³/mol. The van der Waals surface area contributed by atoms with Gasteiger partial charge in [0.05, 0.1) is 12.2 Å². The molecule has 0 saturated carbocycles. The number of hydrogen-bond acceptors (Lipinski definition) is 3. The van der Waals surface area contributed by atoms with E-state index in [4.69, 9.17) is 0 Å². The van der Waals surface area contributed by atoms with Crippen molar-refractivity contribution in [3.8, 4) is 0 Å². The first kappa shape index (κ1) is 12.6. The minimum absolute atomic E-state index is 0.0595. The van der Waals surface area contributed by atoms with E-state index < -0.39 is 0 Å². The van der Waals surface area contributed by atoms with Crippen LogP contribution in [0.15, 0.2) is 18.2 Å². The molecule has 0 aliphatic heterocycles. The maximum absolute atomic E-state index is 11.4. The van der Waals surface area contributed by atoms with Gasteiger partial charge in [-0.25, -0.2) is 0 Å². The van der Waals surface area contributed by atoms with E-state index in [1.165, 1.54) is 0 Å². The summed E-state index contributed by atoms with van der Waals surface area (Å²) in [7, 11) is 0. The van der Waals surface area contributed by atoms with Gasteiger partial charge in [-0.05, 0) is 25.6 Å². The van der Waals surface area contributed by atoms with Crippen molar-refractivity contribution >= 4 is 5.91 Å². The SMILES string of the molecule is CCNCCC(=O)NCc1cccc(C)n1. The Balaban J connectivity index is 2.26. The molecular weight excluding hydrogens is 202 g/mol. The highest BCUT2D eigenvalue weighted by Gasteiger charge is 2.01. The number of nitrogens with zero attached hydrogens (tertiary/aromatic N) is 1. The van der Waals surface area contributed by atoms with Gasteiger partial charge in [0.15, 0.2) is 0 Å². The van der Waals surface area contributed by atoms with Gasteiger partial charge in [-0.3, -0.25) is 9.78 Å². The molecule has 0 aliphatic carbocycles. The molecule has 0 radical (unpaired) electrons. The Morgan fingerprint density at radius 3 is 2.94 bits per heavy atom. The molecule has 0 aromatic carbocycles. The van der Waals surface area contributed by atoms with Gasteiger partial charge in [0.2, 0.25) is 5.91 Å². The summed E-state index contributed by atoms with van der Waals surface area (Å²) in [5.74, 6) is 0.0595. The number of carbonyl (C=O) groups excluding carboxylic acids is 1. The van der Waals surface area contributed by atoms with Crippen LogP contribution < -0.4 is 10.6 Å². The van der Waals surface area contributed by atoms with Crippen LogP contribution in [-0.4, -0.2) is 24.0 Å². The van der Waals surface area contributed by atoms with Gasteiger partial charge < -0.3 is 10.6 Å². The Morgan fingerprint density at radius 1 is 1.44 bits per heavy atom. The smallest absolute Gasteiger partial charge is 0.221 e. The number of rotatable bonds is 6. The van der Waals surface area contributed by atoms with Crippen LogP contribution >= 0.6 is 0 Å². The van der Waals surface area contributed by atoms with Crippen LogP contribution in [0.4, 0.5) is 0 Å². The normalized spacial score (nSPS) is 10.1. The van der Waals surface area contributed by atoms with Gasteiger partial charge >= 0.3 is 0 Å². The largest absolute Gasteiger partial charge is 0.350 e. The van der Waals surface area contributed by atoms with Gasteiger partial charge in [0.25, 0.3) is 0 Å². The number of carbonyl (C=O) groups is 1. The maximum Gasteiger partial charge on any atom is 0.221 e. The molecule has 0 aliphatic rings. The van der Waals surface area contributed by atoms with Crippen molar-refractivity contribution in [2.45, 2.75) is 26.8 Å². The van der Waals surface area contributed by atoms with Gasteiger partial charge in [-0.15, -0.1) is 0 Å². The van der Waals surface area contributed by atoms with E-state index in [0.29, 0.717) is 13.0 Å². The van der Waals surface area contributed by atoms with Crippen LogP contribution in [0, 0.1) is 6.92 Å². The summed E-state index contributed by atoms with van der Waals surface area (Å²) in [5, 5.41) is 5.95. The molecule has 1 aromatic heterocycles. The minimum Gasteiger partial charge on any atom is -0.350 e. The third-order valence-corrected chi connectivity index (χ3v) is 2.19. The molecule has 1 amide bonds. The lowest BCUT2D eigenvalue weighted by Crippen LogP contribution is -2.27. The molecule has 0 fully saturated rings. The summed E-state index contributed by atoms with van der Waals surface area (Å²) < 4.78 is 0. The average molecular weight is 221 g/mol. The monoisotopic (exact) mass is 221 g/mol. The second-order valence-electron chi connectivity index (χ2n) is 3.65. The number of pyridine rings is 1. The summed E-state index contributed by atoms with van der Waals surface area (Å²) in [6.45, 7) is 6.09. The van der Waals surface area contributed by atoms with Gasteiger partial charge in [-0.1, -0.05) is 13.0 Å². The third kappa shape index (κ3) is 4.89. The van der Waals surface area contributed by atoms with E-state index in [0.717, 1.165) is 24.5 Å². The maximum atomic E-state index is 11.4. The van der Waals surface area contributed by atoms with Gasteiger partial charge in [0.1, 0.15) is 0 Å². The van der Waals surface area contributed by atoms with Crippen LogP contribution in [0.5, 0.6) is 0 Å². The molecule has 2 N–H and O–H groups in total. The average Bonchev–Trinajstić information content (AvgIpc) is 2.27. The lowest BCUT2D eigenvalue weighted by molar-refractivity contribution is -0.121. The number of aryl methyl sites for hydroxylation is 1. The minimum atomic E-state index is 0.0595. The third-order valence-electron chi connectivity index (χ3n) is 2.19. The fraction of sp³-hybridized carbons (Fsp3) is 0.500. The molecule has 4 nitrogen and oxygen atoms in total. The predicted octanol–water partition coefficient (Wildman–Crippen LogP) is 1.01. The first-order valence-corrected chi connectivity index (χ1v) is 5.62. The zero-order valence-corrected chi connectivity index (χ0v) is 9.92. The Bertz CT molecular complexity index is 339. The fourth-order valence-electron chi connectivity index (χ4n) is 1.35. The molecule has 0 spiro atoms. The molecule has 16 heavy (non-hydrogen) atoms. The second kappa shape index (κ2) is 6.95. The summed E-state index contributed by atoms with van der Waals surface area (Å²) in [5.41, 5.74) is 1.87. The van der Waals surface area contributed by atoms with Crippen molar-refractivity contribution in [3.05, 3.63) is 29.6 Å². The van der Waals surface area contributed by atoms with Gasteiger partial charge in [0, 0.05) is 18.7 Å². The number of aromatic nitrogens is 1. The summed E-state index contributed by atoms with van der Waals surface area (Å²) in [6, 6.07) is 5.80. The van der Waals surface area contributed by atoms with Crippen molar-refractivity contribution in [1.29, 1.82) is 0 Å². The van der Waals surface area contributed by atoms with Crippen LogP contribution in [0.25, 0.3) is 0 Å². The Morgan fingerprint density at radius 2 is 2.25 bits per heavy atom. The lowest BCUT2D eigenvalue weighted by atomic mass is 10.3. The zero-order valence-electron chi connectivity index (χ0n) is 9.92. The van der Waals surface area contributed by atoms with Crippen molar-refractivity contribution in [3.63, 3.8) is 0 Å². The number of hydrogen-bond donors (Lipinski definition) is 2. The van der Waals surface area contributed by atoms with Crippen LogP contribution in [-0.2, 0) is 11.3 Å². The Kier molecular flexibility index (Phi) is 5.50. The fourth-order valence-corrected chi connectivity index (χ4v) is 1.35. The van der Waals surface area contributed by atoms with Crippen molar-refractivity contribution in [1.82, 2.24) is 15.6 Å². The van der Waals surface area contributed by atoms with E-state index in [1.807, 2.05) is 32.0 Å². The molecule has 1 heterocycles. The highest BCUT2D eigenvalue weighted by molar-refractivity contribution is 5.75. The molecule has 0 bridgehead atoms. The van der Waals surface area contributed by atoms with E-state index >= 15 is 0 Å². The Labute approximate surface area is 96.5 Å². The van der Waals surface area contributed by atoms with Crippen LogP contribution in [0.1, 0.15) is 24.7 Å². The first-order chi connectivity index (χ1) is 7.72. The zero-order chi connectivity index (χ0) is 11.8. The standard InChI is InChI=1S/C12H19N3O/c1-3-13-8-7-12(16)14-9-11-6-4-5-10(2)15-11/h4-6,13H,3,7-9H2,1-2H3,(H,14,16). The molecule has 0 unspecified atom stereocenters.